The van der Waals surface area contributed by atoms with Crippen LogP contribution in [-0.4, -0.2) is 32.9 Å². The van der Waals surface area contributed by atoms with E-state index in [0.717, 1.165) is 48.6 Å². The molecule has 6 heteroatoms. The molecular formula is C15H23N5O. The van der Waals surface area contributed by atoms with E-state index in [1.165, 1.54) is 0 Å². The molecule has 1 heterocycles. The molecule has 0 amide bonds. The predicted octanol–water partition coefficient (Wildman–Crippen LogP) is 2.44. The first-order chi connectivity index (χ1) is 10.1. The van der Waals surface area contributed by atoms with Gasteiger partial charge in [-0.2, -0.15) is 0 Å². The van der Waals surface area contributed by atoms with Crippen LogP contribution in [0, 0.1) is 6.92 Å². The molecule has 2 N–H and O–H groups in total. The van der Waals surface area contributed by atoms with Crippen molar-refractivity contribution < 1.29 is 4.74 Å². The van der Waals surface area contributed by atoms with Gasteiger partial charge in [0.2, 0.25) is 0 Å². The molecule has 6 nitrogen and oxygen atoms in total. The number of aromatic nitrogens is 4. The van der Waals surface area contributed by atoms with Crippen LogP contribution < -0.4 is 5.73 Å². The van der Waals surface area contributed by atoms with Crippen molar-refractivity contribution in [3.8, 4) is 11.4 Å². The molecule has 21 heavy (non-hydrogen) atoms. The lowest BCUT2D eigenvalue weighted by Gasteiger charge is -2.09. The minimum Gasteiger partial charge on any atom is -0.398 e. The molecule has 0 aliphatic rings. The number of tetrazole rings is 1. The van der Waals surface area contributed by atoms with E-state index in [-0.39, 0.29) is 6.10 Å². The summed E-state index contributed by atoms with van der Waals surface area (Å²) in [6.07, 6.45) is 2.25. The van der Waals surface area contributed by atoms with Gasteiger partial charge in [0.25, 0.3) is 0 Å². The lowest BCUT2D eigenvalue weighted by molar-refractivity contribution is 0.0753. The molecule has 0 radical (unpaired) electrons. The molecule has 0 fully saturated rings. The maximum atomic E-state index is 5.95. The molecule has 0 saturated carbocycles. The second-order valence-corrected chi connectivity index (χ2v) is 5.37. The molecule has 0 atom stereocenters. The van der Waals surface area contributed by atoms with Crippen LogP contribution in [0.4, 0.5) is 5.69 Å². The number of unbranched alkanes of at least 4 members (excludes halogenated alkanes) is 1. The zero-order valence-electron chi connectivity index (χ0n) is 12.9. The standard InChI is InChI=1S/C15H23N5O/c1-11(2)21-10-5-4-9-20-15(17-18-19-20)13-7-6-8-14(16)12(13)3/h6-8,11H,4-5,9-10,16H2,1-3H3. The van der Waals surface area contributed by atoms with Crippen LogP contribution in [0.15, 0.2) is 18.2 Å². The monoisotopic (exact) mass is 289 g/mol. The normalized spacial score (nSPS) is 11.2. The van der Waals surface area contributed by atoms with Crippen LogP contribution in [0.1, 0.15) is 32.3 Å². The number of hydrogen-bond acceptors (Lipinski definition) is 5. The summed E-state index contributed by atoms with van der Waals surface area (Å²) in [4.78, 5) is 0. The minimum absolute atomic E-state index is 0.281. The van der Waals surface area contributed by atoms with Crippen LogP contribution in [0.2, 0.25) is 0 Å². The lowest BCUT2D eigenvalue weighted by atomic mass is 10.1. The summed E-state index contributed by atoms with van der Waals surface area (Å²) in [5, 5.41) is 12.0. The first-order valence-corrected chi connectivity index (χ1v) is 7.33. The molecule has 0 bridgehead atoms. The van der Waals surface area contributed by atoms with Gasteiger partial charge in [-0.1, -0.05) is 12.1 Å². The lowest BCUT2D eigenvalue weighted by Crippen LogP contribution is -2.07. The Morgan fingerprint density at radius 2 is 2.10 bits per heavy atom. The third kappa shape index (κ3) is 4.01. The maximum Gasteiger partial charge on any atom is 0.182 e. The number of rotatable bonds is 7. The van der Waals surface area contributed by atoms with E-state index in [1.807, 2.05) is 43.7 Å². The Balaban J connectivity index is 2.00. The van der Waals surface area contributed by atoms with Gasteiger partial charge < -0.3 is 10.5 Å². The second kappa shape index (κ2) is 7.17. The number of benzene rings is 1. The molecule has 2 aromatic rings. The SMILES string of the molecule is Cc1c(N)cccc1-c1nnnn1CCCCOC(C)C. The van der Waals surface area contributed by atoms with Gasteiger partial charge in [0.05, 0.1) is 6.10 Å². The Labute approximate surface area is 125 Å². The molecule has 114 valence electrons. The van der Waals surface area contributed by atoms with E-state index in [9.17, 15) is 0 Å². The average Bonchev–Trinajstić information content (AvgIpc) is 2.89. The second-order valence-electron chi connectivity index (χ2n) is 5.37. The Bertz CT molecular complexity index is 579. The number of anilines is 1. The van der Waals surface area contributed by atoms with Gasteiger partial charge in [-0.3, -0.25) is 0 Å². The van der Waals surface area contributed by atoms with E-state index >= 15 is 0 Å². The topological polar surface area (TPSA) is 78.9 Å². The summed E-state index contributed by atoms with van der Waals surface area (Å²) >= 11 is 0. The fraction of sp³-hybridized carbons (Fsp3) is 0.533. The van der Waals surface area contributed by atoms with Crippen LogP contribution in [0.5, 0.6) is 0 Å². The first-order valence-electron chi connectivity index (χ1n) is 7.33. The Hall–Kier alpha value is -1.95. The summed E-state index contributed by atoms with van der Waals surface area (Å²) in [5.74, 6) is 0.768. The number of nitrogens with zero attached hydrogens (tertiary/aromatic N) is 4. The smallest absolute Gasteiger partial charge is 0.182 e. The highest BCUT2D eigenvalue weighted by atomic mass is 16.5. The van der Waals surface area contributed by atoms with Gasteiger partial charge in [0, 0.05) is 24.4 Å². The first kappa shape index (κ1) is 15.4. The minimum atomic E-state index is 0.281. The zero-order valence-corrected chi connectivity index (χ0v) is 12.9. The molecule has 0 saturated heterocycles. The Kier molecular flexibility index (Phi) is 5.27. The molecule has 2 rings (SSSR count). The van der Waals surface area contributed by atoms with Crippen LogP contribution in [-0.2, 0) is 11.3 Å². The highest BCUT2D eigenvalue weighted by molar-refractivity contribution is 5.67. The highest BCUT2D eigenvalue weighted by Crippen LogP contribution is 2.24. The summed E-state index contributed by atoms with van der Waals surface area (Å²) in [5.41, 5.74) is 8.70. The van der Waals surface area contributed by atoms with Gasteiger partial charge in [-0.25, -0.2) is 4.68 Å². The van der Waals surface area contributed by atoms with E-state index in [0.29, 0.717) is 0 Å². The number of nitrogen functional groups attached to an aromatic ring is 1. The zero-order chi connectivity index (χ0) is 15.2. The maximum absolute atomic E-state index is 5.95. The Morgan fingerprint density at radius 1 is 1.29 bits per heavy atom. The van der Waals surface area contributed by atoms with Crippen LogP contribution in [0.3, 0.4) is 0 Å². The summed E-state index contributed by atoms with van der Waals surface area (Å²) < 4.78 is 7.36. The highest BCUT2D eigenvalue weighted by Gasteiger charge is 2.12. The van der Waals surface area contributed by atoms with E-state index in [1.54, 1.807) is 0 Å². The predicted molar refractivity (Wildman–Crippen MR) is 82.7 cm³/mol. The van der Waals surface area contributed by atoms with Gasteiger partial charge in [0.15, 0.2) is 5.82 Å². The van der Waals surface area contributed by atoms with E-state index in [2.05, 4.69) is 15.5 Å². The van der Waals surface area contributed by atoms with Crippen molar-refractivity contribution >= 4 is 5.69 Å². The van der Waals surface area contributed by atoms with E-state index < -0.39 is 0 Å². The van der Waals surface area contributed by atoms with Gasteiger partial charge in [-0.15, -0.1) is 5.10 Å². The van der Waals surface area contributed by atoms with Crippen molar-refractivity contribution in [3.05, 3.63) is 23.8 Å². The fourth-order valence-corrected chi connectivity index (χ4v) is 2.13. The number of nitrogens with two attached hydrogens (primary N) is 1. The quantitative estimate of drug-likeness (QED) is 0.625. The molecule has 0 aliphatic heterocycles. The third-order valence-electron chi connectivity index (χ3n) is 3.36. The third-order valence-corrected chi connectivity index (χ3v) is 3.36. The Morgan fingerprint density at radius 3 is 2.86 bits per heavy atom. The largest absolute Gasteiger partial charge is 0.398 e. The van der Waals surface area contributed by atoms with Crippen molar-refractivity contribution in [1.82, 2.24) is 20.2 Å². The number of hydrogen-bond donors (Lipinski definition) is 1. The summed E-state index contributed by atoms with van der Waals surface area (Å²) in [6, 6.07) is 5.80. The summed E-state index contributed by atoms with van der Waals surface area (Å²) in [7, 11) is 0. The fourth-order valence-electron chi connectivity index (χ4n) is 2.13. The van der Waals surface area contributed by atoms with Crippen molar-refractivity contribution in [2.45, 2.75) is 46.3 Å². The molecule has 0 aliphatic carbocycles. The van der Waals surface area contributed by atoms with Crippen molar-refractivity contribution in [2.24, 2.45) is 0 Å². The van der Waals surface area contributed by atoms with Gasteiger partial charge >= 0.3 is 0 Å². The van der Waals surface area contributed by atoms with Crippen LogP contribution in [0.25, 0.3) is 11.4 Å². The van der Waals surface area contributed by atoms with Gasteiger partial charge in [0.1, 0.15) is 0 Å². The number of ether oxygens (including phenoxy) is 1. The molecule has 0 spiro atoms. The molecule has 0 unspecified atom stereocenters. The van der Waals surface area contributed by atoms with Crippen molar-refractivity contribution in [3.63, 3.8) is 0 Å². The van der Waals surface area contributed by atoms with E-state index in [4.69, 9.17) is 10.5 Å². The average molecular weight is 289 g/mol. The van der Waals surface area contributed by atoms with Gasteiger partial charge in [-0.05, 0) is 55.7 Å². The number of aryl methyl sites for hydroxylation is 1. The van der Waals surface area contributed by atoms with Crippen molar-refractivity contribution in [2.75, 3.05) is 12.3 Å². The molecular weight excluding hydrogens is 266 g/mol. The molecule has 1 aromatic carbocycles. The van der Waals surface area contributed by atoms with Crippen LogP contribution >= 0.6 is 0 Å². The van der Waals surface area contributed by atoms with Crippen molar-refractivity contribution in [1.29, 1.82) is 0 Å². The summed E-state index contributed by atoms with van der Waals surface area (Å²) in [6.45, 7) is 7.62. The molecule has 1 aromatic heterocycles.